The summed E-state index contributed by atoms with van der Waals surface area (Å²) in [6, 6.07) is 0. The molecule has 0 radical (unpaired) electrons. The molecular weight excluding hydrogens is 172 g/mol. The van der Waals surface area contributed by atoms with Gasteiger partial charge in [0.05, 0.1) is 0 Å². The molecule has 2 nitrogen and oxygen atoms in total. The first kappa shape index (κ1) is 10.4. The Hall–Kier alpha value is -0.0800. The van der Waals surface area contributed by atoms with Crippen molar-refractivity contribution in [3.8, 4) is 0 Å². The second-order valence-corrected chi connectivity index (χ2v) is 5.73. The molecule has 1 atom stereocenters. The molecule has 82 valence electrons. The fourth-order valence-electron chi connectivity index (χ4n) is 3.67. The Morgan fingerprint density at radius 2 is 1.79 bits per heavy atom. The summed E-state index contributed by atoms with van der Waals surface area (Å²) in [5.74, 6) is 0.926. The molecule has 1 heterocycles. The number of likely N-dealkylation sites (tertiary alicyclic amines) is 1. The molecule has 1 aliphatic heterocycles. The van der Waals surface area contributed by atoms with Gasteiger partial charge in [-0.2, -0.15) is 0 Å². The van der Waals surface area contributed by atoms with E-state index in [2.05, 4.69) is 25.7 Å². The zero-order valence-electron chi connectivity index (χ0n) is 9.84. The molecule has 2 aliphatic rings. The molecule has 2 fully saturated rings. The molecule has 14 heavy (non-hydrogen) atoms. The number of nitrogens with zero attached hydrogens (tertiary/aromatic N) is 1. The van der Waals surface area contributed by atoms with Crippen LogP contribution in [0.4, 0.5) is 0 Å². The smallest absolute Gasteiger partial charge is 0.0105 e. The molecule has 0 amide bonds. The second-order valence-electron chi connectivity index (χ2n) is 5.73. The van der Waals surface area contributed by atoms with Gasteiger partial charge in [0.15, 0.2) is 0 Å². The molecule has 1 saturated heterocycles. The van der Waals surface area contributed by atoms with Crippen LogP contribution in [0.2, 0.25) is 0 Å². The van der Waals surface area contributed by atoms with E-state index in [0.29, 0.717) is 10.8 Å². The summed E-state index contributed by atoms with van der Waals surface area (Å²) in [5, 5.41) is 0. The van der Waals surface area contributed by atoms with E-state index < -0.39 is 0 Å². The summed E-state index contributed by atoms with van der Waals surface area (Å²) < 4.78 is 0. The number of rotatable bonds is 2. The van der Waals surface area contributed by atoms with Crippen LogP contribution in [0, 0.1) is 16.7 Å². The number of nitrogens with two attached hydrogens (primary N) is 1. The molecule has 0 aromatic rings. The maximum absolute atomic E-state index is 5.58. The normalized spacial score (nSPS) is 34.7. The van der Waals surface area contributed by atoms with Gasteiger partial charge in [-0.25, -0.2) is 0 Å². The Bertz CT molecular complexity index is 214. The van der Waals surface area contributed by atoms with Gasteiger partial charge in [-0.05, 0) is 42.7 Å². The first-order valence-corrected chi connectivity index (χ1v) is 5.97. The summed E-state index contributed by atoms with van der Waals surface area (Å²) in [5.41, 5.74) is 6.86. The molecule has 1 unspecified atom stereocenters. The van der Waals surface area contributed by atoms with Gasteiger partial charge in [-0.1, -0.05) is 20.8 Å². The molecular formula is C12H24N2. The number of hydrogen-bond acceptors (Lipinski definition) is 2. The molecule has 1 saturated carbocycles. The van der Waals surface area contributed by atoms with Crippen LogP contribution in [-0.4, -0.2) is 31.1 Å². The van der Waals surface area contributed by atoms with E-state index in [1.165, 1.54) is 25.9 Å². The third kappa shape index (κ3) is 1.24. The largest absolute Gasteiger partial charge is 0.329 e. The molecule has 2 N–H and O–H groups in total. The van der Waals surface area contributed by atoms with Gasteiger partial charge in [-0.3, -0.25) is 0 Å². The van der Waals surface area contributed by atoms with Crippen molar-refractivity contribution in [2.75, 3.05) is 26.2 Å². The van der Waals surface area contributed by atoms with E-state index in [1.54, 1.807) is 0 Å². The van der Waals surface area contributed by atoms with Crippen LogP contribution in [0.15, 0.2) is 0 Å². The molecule has 1 aliphatic carbocycles. The fraction of sp³-hybridized carbons (Fsp3) is 1.00. The Labute approximate surface area is 87.8 Å². The van der Waals surface area contributed by atoms with E-state index in [-0.39, 0.29) is 0 Å². The van der Waals surface area contributed by atoms with Gasteiger partial charge in [0.2, 0.25) is 0 Å². The molecule has 0 bridgehead atoms. The minimum Gasteiger partial charge on any atom is -0.329 e. The first-order valence-electron chi connectivity index (χ1n) is 5.97. The van der Waals surface area contributed by atoms with E-state index >= 15 is 0 Å². The summed E-state index contributed by atoms with van der Waals surface area (Å²) in [6.45, 7) is 11.7. The van der Waals surface area contributed by atoms with Gasteiger partial charge >= 0.3 is 0 Å². The highest BCUT2D eigenvalue weighted by atomic mass is 15.1. The number of piperidine rings is 1. The topological polar surface area (TPSA) is 29.3 Å². The minimum absolute atomic E-state index is 0.599. The van der Waals surface area contributed by atoms with Gasteiger partial charge in [0.25, 0.3) is 0 Å². The average molecular weight is 196 g/mol. The SMILES string of the molecule is CC1C(C)(C)C12CCN(CCN)CC2. The Morgan fingerprint density at radius 1 is 1.29 bits per heavy atom. The van der Waals surface area contributed by atoms with Gasteiger partial charge < -0.3 is 10.6 Å². The fourth-order valence-corrected chi connectivity index (χ4v) is 3.67. The van der Waals surface area contributed by atoms with Crippen LogP contribution in [0.1, 0.15) is 33.6 Å². The van der Waals surface area contributed by atoms with Crippen molar-refractivity contribution in [2.24, 2.45) is 22.5 Å². The van der Waals surface area contributed by atoms with E-state index in [9.17, 15) is 0 Å². The minimum atomic E-state index is 0.599. The van der Waals surface area contributed by atoms with Crippen molar-refractivity contribution in [1.29, 1.82) is 0 Å². The van der Waals surface area contributed by atoms with Crippen molar-refractivity contribution in [2.45, 2.75) is 33.6 Å². The zero-order chi connectivity index (χ0) is 10.4. The monoisotopic (exact) mass is 196 g/mol. The van der Waals surface area contributed by atoms with Gasteiger partial charge in [0.1, 0.15) is 0 Å². The molecule has 0 aromatic heterocycles. The van der Waals surface area contributed by atoms with E-state index in [1.807, 2.05) is 0 Å². The summed E-state index contributed by atoms with van der Waals surface area (Å²) in [4.78, 5) is 2.52. The van der Waals surface area contributed by atoms with Crippen LogP contribution < -0.4 is 5.73 Å². The maximum Gasteiger partial charge on any atom is 0.0105 e. The van der Waals surface area contributed by atoms with Gasteiger partial charge in [0, 0.05) is 13.1 Å². The van der Waals surface area contributed by atoms with Crippen LogP contribution in [-0.2, 0) is 0 Å². The number of hydrogen-bond donors (Lipinski definition) is 1. The lowest BCUT2D eigenvalue weighted by atomic mass is 9.85. The Balaban J connectivity index is 1.91. The Kier molecular flexibility index (Phi) is 2.39. The van der Waals surface area contributed by atoms with Crippen molar-refractivity contribution >= 4 is 0 Å². The highest BCUT2D eigenvalue weighted by molar-refractivity contribution is 5.16. The van der Waals surface area contributed by atoms with Crippen molar-refractivity contribution < 1.29 is 0 Å². The molecule has 2 rings (SSSR count). The lowest BCUT2D eigenvalue weighted by molar-refractivity contribution is 0.149. The summed E-state index contributed by atoms with van der Waals surface area (Å²) in [6.07, 6.45) is 2.78. The molecule has 1 spiro atoms. The lowest BCUT2D eigenvalue weighted by Crippen LogP contribution is -2.39. The zero-order valence-corrected chi connectivity index (χ0v) is 9.84. The predicted octanol–water partition coefficient (Wildman–Crippen LogP) is 1.70. The third-order valence-electron chi connectivity index (χ3n) is 5.30. The quantitative estimate of drug-likeness (QED) is 0.728. The lowest BCUT2D eigenvalue weighted by Gasteiger charge is -2.34. The van der Waals surface area contributed by atoms with Crippen LogP contribution >= 0.6 is 0 Å². The van der Waals surface area contributed by atoms with E-state index in [4.69, 9.17) is 5.73 Å². The third-order valence-corrected chi connectivity index (χ3v) is 5.30. The van der Waals surface area contributed by atoms with Gasteiger partial charge in [-0.15, -0.1) is 0 Å². The Morgan fingerprint density at radius 3 is 2.14 bits per heavy atom. The van der Waals surface area contributed by atoms with Crippen LogP contribution in [0.3, 0.4) is 0 Å². The van der Waals surface area contributed by atoms with Crippen LogP contribution in [0.5, 0.6) is 0 Å². The highest BCUT2D eigenvalue weighted by Gasteiger charge is 2.67. The molecule has 0 aromatic carbocycles. The van der Waals surface area contributed by atoms with E-state index in [0.717, 1.165) is 19.0 Å². The summed E-state index contributed by atoms with van der Waals surface area (Å²) in [7, 11) is 0. The standard InChI is InChI=1S/C12H24N2/c1-10-11(2,3)12(10)4-7-14(8-5-12)9-6-13/h10H,4-9,13H2,1-3H3. The maximum atomic E-state index is 5.58. The van der Waals surface area contributed by atoms with Crippen LogP contribution in [0.25, 0.3) is 0 Å². The summed E-state index contributed by atoms with van der Waals surface area (Å²) >= 11 is 0. The average Bonchev–Trinajstić information content (AvgIpc) is 2.56. The first-order chi connectivity index (χ1) is 6.54. The van der Waals surface area contributed by atoms with Crippen molar-refractivity contribution in [1.82, 2.24) is 4.90 Å². The van der Waals surface area contributed by atoms with Crippen molar-refractivity contribution in [3.63, 3.8) is 0 Å². The second kappa shape index (κ2) is 3.21. The van der Waals surface area contributed by atoms with Crippen molar-refractivity contribution in [3.05, 3.63) is 0 Å². The predicted molar refractivity (Wildman–Crippen MR) is 60.1 cm³/mol. The highest BCUT2D eigenvalue weighted by Crippen LogP contribution is 2.73. The molecule has 2 heteroatoms.